The van der Waals surface area contributed by atoms with E-state index in [0.29, 0.717) is 11.1 Å². The van der Waals surface area contributed by atoms with Crippen molar-refractivity contribution in [3.05, 3.63) is 175 Å². The summed E-state index contributed by atoms with van der Waals surface area (Å²) in [4.78, 5) is 2.18. The van der Waals surface area contributed by atoms with Gasteiger partial charge in [0.1, 0.15) is 6.07 Å². The highest BCUT2D eigenvalue weighted by Crippen LogP contribution is 2.45. The molecule has 49 heavy (non-hydrogen) atoms. The quantitative estimate of drug-likeness (QED) is 0.191. The van der Waals surface area contributed by atoms with Gasteiger partial charge in [0.05, 0.1) is 50.6 Å². The fraction of sp³-hybridized carbons (Fsp3) is 0. The molecule has 7 aromatic carbocycles. The molecule has 0 aliphatic heterocycles. The minimum Gasteiger partial charge on any atom is -0.309 e. The highest BCUT2D eigenvalue weighted by molar-refractivity contribution is 6.12. The lowest BCUT2D eigenvalue weighted by Gasteiger charge is -2.29. The fourth-order valence-electron chi connectivity index (χ4n) is 7.30. The minimum absolute atomic E-state index is 0.416. The molecule has 5 nitrogen and oxygen atoms in total. The molecular formula is C44H27N5. The van der Waals surface area contributed by atoms with Gasteiger partial charge in [-0.1, -0.05) is 91.0 Å². The van der Waals surface area contributed by atoms with Crippen molar-refractivity contribution in [3.8, 4) is 23.5 Å². The minimum atomic E-state index is 0.416. The fourth-order valence-corrected chi connectivity index (χ4v) is 7.30. The molecule has 0 amide bonds. The Morgan fingerprint density at radius 3 is 1.57 bits per heavy atom. The Bertz CT molecular complexity index is 2740. The van der Waals surface area contributed by atoms with Crippen LogP contribution in [0.4, 0.5) is 17.1 Å². The smallest absolute Gasteiger partial charge is 0.101 e. The van der Waals surface area contributed by atoms with Crippen LogP contribution >= 0.6 is 0 Å². The van der Waals surface area contributed by atoms with Gasteiger partial charge in [0.25, 0.3) is 0 Å². The van der Waals surface area contributed by atoms with Gasteiger partial charge in [0.2, 0.25) is 0 Å². The number of nitrogens with zero attached hydrogens (tertiary/aromatic N) is 5. The highest BCUT2D eigenvalue weighted by atomic mass is 15.2. The van der Waals surface area contributed by atoms with Crippen LogP contribution in [0.15, 0.2) is 164 Å². The lowest BCUT2D eigenvalue weighted by atomic mass is 10.0. The van der Waals surface area contributed by atoms with Crippen LogP contribution in [-0.2, 0) is 0 Å². The summed E-state index contributed by atoms with van der Waals surface area (Å²) in [5.41, 5.74) is 9.39. The molecule has 9 rings (SSSR count). The van der Waals surface area contributed by atoms with Gasteiger partial charge in [0, 0.05) is 38.6 Å². The largest absolute Gasteiger partial charge is 0.309 e. The molecule has 0 fully saturated rings. The summed E-state index contributed by atoms with van der Waals surface area (Å²) < 4.78 is 4.48. The number of hydrogen-bond acceptors (Lipinski definition) is 3. The summed E-state index contributed by atoms with van der Waals surface area (Å²) >= 11 is 0. The van der Waals surface area contributed by atoms with E-state index >= 15 is 0 Å². The van der Waals surface area contributed by atoms with Gasteiger partial charge in [-0.2, -0.15) is 10.5 Å². The molecule has 0 bridgehead atoms. The molecule has 228 valence electrons. The first-order valence-corrected chi connectivity index (χ1v) is 16.2. The maximum atomic E-state index is 10.7. The number of benzene rings is 7. The second-order valence-corrected chi connectivity index (χ2v) is 12.0. The van der Waals surface area contributed by atoms with Crippen molar-refractivity contribution in [2.24, 2.45) is 0 Å². The van der Waals surface area contributed by atoms with E-state index in [2.05, 4.69) is 129 Å². The van der Waals surface area contributed by atoms with Crippen molar-refractivity contribution in [1.82, 2.24) is 9.13 Å². The van der Waals surface area contributed by atoms with E-state index in [-0.39, 0.29) is 0 Å². The predicted molar refractivity (Wildman–Crippen MR) is 199 cm³/mol. The van der Waals surface area contributed by atoms with E-state index in [1.54, 1.807) is 6.07 Å². The van der Waals surface area contributed by atoms with Crippen LogP contribution in [0.1, 0.15) is 11.1 Å². The average Bonchev–Trinajstić information content (AvgIpc) is 3.68. The summed E-state index contributed by atoms with van der Waals surface area (Å²) in [6.07, 6.45) is 0. The number of anilines is 3. The lowest BCUT2D eigenvalue weighted by molar-refractivity contribution is 1.14. The first-order chi connectivity index (χ1) is 24.2. The number of nitriles is 2. The zero-order valence-electron chi connectivity index (χ0n) is 26.3. The Morgan fingerprint density at radius 1 is 0.429 bits per heavy atom. The van der Waals surface area contributed by atoms with Crippen LogP contribution < -0.4 is 4.90 Å². The summed E-state index contributed by atoms with van der Waals surface area (Å²) in [6.45, 7) is 0. The van der Waals surface area contributed by atoms with Crippen LogP contribution in [0.5, 0.6) is 0 Å². The second kappa shape index (κ2) is 11.3. The molecule has 0 aliphatic rings. The van der Waals surface area contributed by atoms with Crippen LogP contribution in [0.2, 0.25) is 0 Å². The van der Waals surface area contributed by atoms with E-state index in [9.17, 15) is 10.5 Å². The van der Waals surface area contributed by atoms with Crippen molar-refractivity contribution < 1.29 is 0 Å². The Balaban J connectivity index is 1.39. The monoisotopic (exact) mass is 625 g/mol. The van der Waals surface area contributed by atoms with Crippen molar-refractivity contribution in [2.75, 3.05) is 4.90 Å². The molecular weight excluding hydrogens is 599 g/mol. The van der Waals surface area contributed by atoms with Crippen LogP contribution in [0.3, 0.4) is 0 Å². The molecule has 0 unspecified atom stereocenters. The van der Waals surface area contributed by atoms with Gasteiger partial charge in [0.15, 0.2) is 0 Å². The Morgan fingerprint density at radius 2 is 0.959 bits per heavy atom. The zero-order chi connectivity index (χ0) is 32.9. The van der Waals surface area contributed by atoms with Gasteiger partial charge in [-0.15, -0.1) is 0 Å². The Labute approximate surface area is 282 Å². The molecule has 0 aliphatic carbocycles. The average molecular weight is 626 g/mol. The number of hydrogen-bond donors (Lipinski definition) is 0. The van der Waals surface area contributed by atoms with Crippen molar-refractivity contribution in [2.45, 2.75) is 0 Å². The summed E-state index contributed by atoms with van der Waals surface area (Å²) in [5, 5.41) is 25.4. The Kier molecular flexibility index (Phi) is 6.50. The molecule has 9 aromatic rings. The number of fused-ring (bicyclic) bond motifs is 6. The maximum Gasteiger partial charge on any atom is 0.101 e. The summed E-state index contributed by atoms with van der Waals surface area (Å²) in [6, 6.07) is 60.6. The van der Waals surface area contributed by atoms with E-state index in [1.165, 1.54) is 0 Å². The third kappa shape index (κ3) is 4.38. The predicted octanol–water partition coefficient (Wildman–Crippen LogP) is 11.1. The lowest BCUT2D eigenvalue weighted by Crippen LogP contribution is -2.14. The molecule has 2 aromatic heterocycles. The summed E-state index contributed by atoms with van der Waals surface area (Å²) in [5.74, 6) is 0. The van der Waals surface area contributed by atoms with Gasteiger partial charge in [-0.05, 0) is 72.8 Å². The Hall–Kier alpha value is -7.08. The maximum absolute atomic E-state index is 10.7. The number of rotatable bonds is 5. The third-order valence-electron chi connectivity index (χ3n) is 9.33. The van der Waals surface area contributed by atoms with E-state index in [4.69, 9.17) is 0 Å². The zero-order valence-corrected chi connectivity index (χ0v) is 26.3. The molecule has 0 N–H and O–H groups in total. The molecule has 0 saturated carbocycles. The molecule has 0 spiro atoms. The van der Waals surface area contributed by atoms with E-state index in [0.717, 1.165) is 72.0 Å². The van der Waals surface area contributed by atoms with Crippen LogP contribution in [0, 0.1) is 22.7 Å². The number of aromatic nitrogens is 2. The first kappa shape index (κ1) is 28.2. The first-order valence-electron chi connectivity index (χ1n) is 16.2. The number of para-hydroxylation sites is 5. The van der Waals surface area contributed by atoms with Gasteiger partial charge in [-0.3, -0.25) is 0 Å². The van der Waals surface area contributed by atoms with Crippen molar-refractivity contribution in [3.63, 3.8) is 0 Å². The van der Waals surface area contributed by atoms with Crippen LogP contribution in [0.25, 0.3) is 55.0 Å². The van der Waals surface area contributed by atoms with Crippen molar-refractivity contribution >= 4 is 60.7 Å². The normalized spacial score (nSPS) is 11.2. The topological polar surface area (TPSA) is 60.7 Å². The molecule has 0 saturated heterocycles. The highest BCUT2D eigenvalue weighted by Gasteiger charge is 2.25. The second-order valence-electron chi connectivity index (χ2n) is 12.0. The molecule has 0 radical (unpaired) electrons. The molecule has 5 heteroatoms. The van der Waals surface area contributed by atoms with E-state index < -0.39 is 0 Å². The van der Waals surface area contributed by atoms with Gasteiger partial charge >= 0.3 is 0 Å². The SMILES string of the molecule is N#Cc1cc(C#N)c(-n2c3ccccc3c3ccccc32)c(N(c2ccccc2)c2ccc3c(c2)c2ccccc2n3-c2ccccc2)c1. The standard InChI is InChI=1S/C44H27N5/c45-28-30-25-31(29-46)44(49-40-21-11-7-17-35(40)36-18-8-12-22-41(36)49)43(26-30)47(32-13-3-1-4-14-32)34-23-24-42-38(27-34)37-19-9-10-20-39(37)48(42)33-15-5-2-6-16-33/h1-27H. The van der Waals surface area contributed by atoms with Crippen LogP contribution in [-0.4, -0.2) is 9.13 Å². The third-order valence-corrected chi connectivity index (χ3v) is 9.33. The molecule has 0 atom stereocenters. The molecule has 2 heterocycles. The van der Waals surface area contributed by atoms with Crippen molar-refractivity contribution in [1.29, 1.82) is 10.5 Å². The van der Waals surface area contributed by atoms with Gasteiger partial charge in [-0.25, -0.2) is 0 Å². The van der Waals surface area contributed by atoms with Gasteiger partial charge < -0.3 is 14.0 Å². The van der Waals surface area contributed by atoms with E-state index in [1.807, 2.05) is 54.6 Å². The summed E-state index contributed by atoms with van der Waals surface area (Å²) in [7, 11) is 0.